The second kappa shape index (κ2) is 15.1. The van der Waals surface area contributed by atoms with E-state index in [0.29, 0.717) is 33.6 Å². The fourth-order valence-corrected chi connectivity index (χ4v) is 11.0. The Hall–Kier alpha value is -3.54. The van der Waals surface area contributed by atoms with Crippen molar-refractivity contribution in [2.45, 2.75) is 125 Å². The van der Waals surface area contributed by atoms with Crippen LogP contribution in [0.1, 0.15) is 117 Å². The molecule has 0 N–H and O–H groups in total. The number of carbonyl (C=O) groups is 1. The van der Waals surface area contributed by atoms with Crippen LogP contribution >= 0.6 is 0 Å². The van der Waals surface area contributed by atoms with Gasteiger partial charge in [-0.1, -0.05) is 83.7 Å². The Labute approximate surface area is 310 Å². The summed E-state index contributed by atoms with van der Waals surface area (Å²) in [4.78, 5) is 26.2. The zero-order chi connectivity index (χ0) is 36.6. The van der Waals surface area contributed by atoms with Crippen molar-refractivity contribution in [1.29, 1.82) is 0 Å². The molecular weight excluding hydrogens is 649 g/mol. The van der Waals surface area contributed by atoms with Crippen molar-refractivity contribution in [1.82, 2.24) is 0 Å². The van der Waals surface area contributed by atoms with Gasteiger partial charge in [-0.25, -0.2) is 4.79 Å². The Morgan fingerprint density at radius 3 is 2.54 bits per heavy atom. The van der Waals surface area contributed by atoms with Crippen molar-refractivity contribution >= 4 is 16.9 Å². The molecule has 6 nitrogen and oxygen atoms in total. The zero-order valence-electron chi connectivity index (χ0n) is 32.4. The van der Waals surface area contributed by atoms with Gasteiger partial charge in [-0.05, 0) is 129 Å². The van der Waals surface area contributed by atoms with Crippen molar-refractivity contribution in [3.8, 4) is 17.2 Å². The van der Waals surface area contributed by atoms with Gasteiger partial charge in [0.2, 0.25) is 11.2 Å². The van der Waals surface area contributed by atoms with E-state index in [2.05, 4.69) is 40.7 Å². The average molecular weight is 709 g/mol. The summed E-state index contributed by atoms with van der Waals surface area (Å²) < 4.78 is 23.7. The molecule has 7 rings (SSSR count). The maximum atomic E-state index is 13.2. The van der Waals surface area contributed by atoms with Crippen LogP contribution in [0.4, 0.5) is 0 Å². The van der Waals surface area contributed by atoms with Gasteiger partial charge >= 0.3 is 5.97 Å². The largest absolute Gasteiger partial charge is 0.482 e. The highest BCUT2D eigenvalue weighted by atomic mass is 16.6. The lowest BCUT2D eigenvalue weighted by molar-refractivity contribution is -0.154. The van der Waals surface area contributed by atoms with Gasteiger partial charge in [-0.15, -0.1) is 0 Å². The average Bonchev–Trinajstić information content (AvgIpc) is 3.12. The van der Waals surface area contributed by atoms with E-state index in [9.17, 15) is 9.59 Å². The molecular formula is C46H60O6. The van der Waals surface area contributed by atoms with Crippen molar-refractivity contribution in [3.05, 3.63) is 76.2 Å². The van der Waals surface area contributed by atoms with E-state index < -0.39 is 0 Å². The van der Waals surface area contributed by atoms with Crippen molar-refractivity contribution in [2.24, 2.45) is 46.3 Å². The monoisotopic (exact) mass is 708 g/mol. The van der Waals surface area contributed by atoms with E-state index in [0.717, 1.165) is 54.8 Å². The first-order valence-corrected chi connectivity index (χ1v) is 20.3. The van der Waals surface area contributed by atoms with Gasteiger partial charge in [0.05, 0.1) is 5.39 Å². The molecule has 1 aromatic heterocycles. The summed E-state index contributed by atoms with van der Waals surface area (Å²) in [6.07, 6.45) is 17.5. The fraction of sp³-hybridized carbons (Fsp3) is 0.609. The second-order valence-electron chi connectivity index (χ2n) is 17.8. The SMILES string of the molecule is Cc1oc2cc(OCC(=O)O[C@H]3CC[C@@]4(C)C(=CC[C@H]5[C@H]4CC[C@]4(C)C[C@H]([C@H](C)CCCC(C)C)CC[C@@H]54)C3)ccc2c(=O)c1Oc1ccccc1. The number of hydrogen-bond donors (Lipinski definition) is 0. The predicted molar refractivity (Wildman–Crippen MR) is 207 cm³/mol. The molecule has 6 heteroatoms. The first kappa shape index (κ1) is 36.8. The van der Waals surface area contributed by atoms with Crippen molar-refractivity contribution in [3.63, 3.8) is 0 Å². The molecule has 3 fully saturated rings. The number of hydrogen-bond acceptors (Lipinski definition) is 6. The second-order valence-corrected chi connectivity index (χ2v) is 17.8. The molecule has 0 unspecified atom stereocenters. The summed E-state index contributed by atoms with van der Waals surface area (Å²) in [5.74, 6) is 6.09. The minimum absolute atomic E-state index is 0.117. The van der Waals surface area contributed by atoms with Gasteiger partial charge in [0.25, 0.3) is 0 Å². The van der Waals surface area contributed by atoms with Gasteiger partial charge in [-0.3, -0.25) is 4.79 Å². The van der Waals surface area contributed by atoms with E-state index in [-0.39, 0.29) is 35.3 Å². The summed E-state index contributed by atoms with van der Waals surface area (Å²) in [7, 11) is 0. The summed E-state index contributed by atoms with van der Waals surface area (Å²) in [6, 6.07) is 14.1. The molecule has 1 heterocycles. The molecule has 4 aliphatic carbocycles. The number of benzene rings is 2. The van der Waals surface area contributed by atoms with Crippen LogP contribution < -0.4 is 14.9 Å². The Bertz CT molecular complexity index is 1820. The van der Waals surface area contributed by atoms with Crippen LogP contribution in [0.25, 0.3) is 11.0 Å². The number of aryl methyl sites for hydroxylation is 1. The number of esters is 1. The van der Waals surface area contributed by atoms with Crippen LogP contribution in [0.5, 0.6) is 17.2 Å². The third-order valence-corrected chi connectivity index (χ3v) is 14.0. The normalized spacial score (nSPS) is 30.4. The number of rotatable bonds is 11. The number of allylic oxidation sites excluding steroid dienone is 1. The van der Waals surface area contributed by atoms with Gasteiger partial charge in [0, 0.05) is 12.5 Å². The lowest BCUT2D eigenvalue weighted by atomic mass is 9.44. The molecule has 0 bridgehead atoms. The lowest BCUT2D eigenvalue weighted by Gasteiger charge is -2.61. The van der Waals surface area contributed by atoms with E-state index in [1.54, 1.807) is 37.3 Å². The fourth-order valence-electron chi connectivity index (χ4n) is 11.0. The standard InChI is InChI=1S/C46H60O6/c1-29(2)11-10-12-30(3)32-15-20-39-37-18-16-33-25-36(21-24-46(33,6)40(37)22-23-45(39,5)27-32)51-42(47)28-49-35-17-19-38-41(26-35)50-31(4)44(43(38)48)52-34-13-8-7-9-14-34/h7-9,13-14,16-17,19,26,29-30,32,36-37,39-40H,10-12,15,18,20-25,27-28H2,1-6H3/t30-,32-,36+,37-,39+,40-,45-,46+/m1/s1. The van der Waals surface area contributed by atoms with Crippen LogP contribution in [0.15, 0.2) is 69.4 Å². The van der Waals surface area contributed by atoms with Crippen LogP contribution in [0, 0.1) is 53.3 Å². The molecule has 3 saturated carbocycles. The third-order valence-electron chi connectivity index (χ3n) is 14.0. The van der Waals surface area contributed by atoms with E-state index in [4.69, 9.17) is 18.6 Å². The smallest absolute Gasteiger partial charge is 0.344 e. The van der Waals surface area contributed by atoms with Crippen LogP contribution in [-0.2, 0) is 9.53 Å². The first-order chi connectivity index (χ1) is 24.9. The highest BCUT2D eigenvalue weighted by Gasteiger charge is 2.56. The maximum absolute atomic E-state index is 13.2. The molecule has 0 saturated heterocycles. The van der Waals surface area contributed by atoms with E-state index in [1.165, 1.54) is 63.4 Å². The molecule has 3 aromatic rings. The summed E-state index contributed by atoms with van der Waals surface area (Å²) in [5.41, 5.74) is 2.34. The Kier molecular flexibility index (Phi) is 10.7. The van der Waals surface area contributed by atoms with Gasteiger partial charge < -0.3 is 18.6 Å². The Morgan fingerprint density at radius 1 is 0.942 bits per heavy atom. The van der Waals surface area contributed by atoms with Gasteiger partial charge in [0.15, 0.2) is 6.61 Å². The van der Waals surface area contributed by atoms with E-state index >= 15 is 0 Å². The van der Waals surface area contributed by atoms with Crippen LogP contribution in [-0.4, -0.2) is 18.7 Å². The lowest BCUT2D eigenvalue weighted by Crippen LogP contribution is -2.52. The topological polar surface area (TPSA) is 75.0 Å². The zero-order valence-corrected chi connectivity index (χ0v) is 32.4. The molecule has 0 spiro atoms. The quantitative estimate of drug-likeness (QED) is 0.146. The number of fused-ring (bicyclic) bond motifs is 6. The summed E-state index contributed by atoms with van der Waals surface area (Å²) in [6.45, 7) is 13.9. The molecule has 52 heavy (non-hydrogen) atoms. The first-order valence-electron chi connectivity index (χ1n) is 20.3. The number of carbonyl (C=O) groups excluding carboxylic acids is 1. The number of para-hydroxylation sites is 1. The highest BCUT2D eigenvalue weighted by Crippen LogP contribution is 2.65. The molecule has 0 radical (unpaired) electrons. The molecule has 2 aromatic carbocycles. The van der Waals surface area contributed by atoms with E-state index in [1.807, 2.05) is 18.2 Å². The maximum Gasteiger partial charge on any atom is 0.344 e. The Balaban J connectivity index is 0.933. The Morgan fingerprint density at radius 2 is 1.75 bits per heavy atom. The van der Waals surface area contributed by atoms with Gasteiger partial charge in [-0.2, -0.15) is 0 Å². The summed E-state index contributed by atoms with van der Waals surface area (Å²) >= 11 is 0. The molecule has 280 valence electrons. The van der Waals surface area contributed by atoms with Crippen LogP contribution in [0.2, 0.25) is 0 Å². The minimum atomic E-state index is -0.365. The minimum Gasteiger partial charge on any atom is -0.482 e. The molecule has 4 aliphatic rings. The van der Waals surface area contributed by atoms with Crippen LogP contribution in [0.3, 0.4) is 0 Å². The summed E-state index contributed by atoms with van der Waals surface area (Å²) in [5, 5.41) is 0.386. The molecule has 0 aliphatic heterocycles. The molecule has 8 atom stereocenters. The number of ether oxygens (including phenoxy) is 3. The third kappa shape index (κ3) is 7.46. The molecule has 0 amide bonds. The predicted octanol–water partition coefficient (Wildman–Crippen LogP) is 11.6. The van der Waals surface area contributed by atoms with Crippen molar-refractivity contribution < 1.29 is 23.4 Å². The van der Waals surface area contributed by atoms with Gasteiger partial charge in [0.1, 0.15) is 28.9 Å². The van der Waals surface area contributed by atoms with Crippen molar-refractivity contribution in [2.75, 3.05) is 6.61 Å². The highest BCUT2D eigenvalue weighted by molar-refractivity contribution is 5.80.